The van der Waals surface area contributed by atoms with Crippen LogP contribution >= 0.6 is 0 Å². The lowest BCUT2D eigenvalue weighted by Crippen LogP contribution is -2.06. The first kappa shape index (κ1) is 12.6. The topological polar surface area (TPSA) is 34.9 Å². The summed E-state index contributed by atoms with van der Waals surface area (Å²) in [5, 5.41) is 4.10. The Kier molecular flexibility index (Phi) is 3.60. The minimum absolute atomic E-state index is 0.206. The lowest BCUT2D eigenvalue weighted by molar-refractivity contribution is 0.0981. The standard InChI is InChI=1S/C15H18N2O/c1-11-4-5-12(2)14(10-11)15(18)7-6-13-8-9-16-17(13)3/h4-5,8-10H,6-7H2,1-3H3. The Balaban J connectivity index is 2.08. The predicted octanol–water partition coefficient (Wildman–Crippen LogP) is 2.85. The molecule has 18 heavy (non-hydrogen) atoms. The number of aromatic nitrogens is 2. The molecule has 0 aliphatic rings. The number of Topliss-reactive ketones (excluding diaryl/α,β-unsaturated/α-hetero) is 1. The SMILES string of the molecule is Cc1ccc(C)c(C(=O)CCc2ccnn2C)c1. The molecule has 0 aliphatic carbocycles. The molecule has 0 spiro atoms. The largest absolute Gasteiger partial charge is 0.294 e. The van der Waals surface area contributed by atoms with Gasteiger partial charge in [-0.15, -0.1) is 0 Å². The lowest BCUT2D eigenvalue weighted by Gasteiger charge is -2.06. The summed E-state index contributed by atoms with van der Waals surface area (Å²) in [5.74, 6) is 0.206. The Morgan fingerprint density at radius 2 is 2.06 bits per heavy atom. The fourth-order valence-corrected chi connectivity index (χ4v) is 2.06. The predicted molar refractivity (Wildman–Crippen MR) is 71.8 cm³/mol. The Morgan fingerprint density at radius 1 is 1.28 bits per heavy atom. The van der Waals surface area contributed by atoms with E-state index in [1.165, 1.54) is 0 Å². The van der Waals surface area contributed by atoms with Gasteiger partial charge in [0.05, 0.1) is 0 Å². The van der Waals surface area contributed by atoms with Crippen molar-refractivity contribution in [3.8, 4) is 0 Å². The summed E-state index contributed by atoms with van der Waals surface area (Å²) < 4.78 is 1.82. The van der Waals surface area contributed by atoms with Crippen LogP contribution in [0.5, 0.6) is 0 Å². The van der Waals surface area contributed by atoms with Crippen molar-refractivity contribution in [2.75, 3.05) is 0 Å². The number of ketones is 1. The lowest BCUT2D eigenvalue weighted by atomic mass is 9.99. The van der Waals surface area contributed by atoms with Gasteiger partial charge in [-0.1, -0.05) is 17.7 Å². The third kappa shape index (κ3) is 2.67. The molecule has 0 amide bonds. The van der Waals surface area contributed by atoms with Crippen LogP contribution in [0, 0.1) is 13.8 Å². The summed E-state index contributed by atoms with van der Waals surface area (Å²) in [4.78, 5) is 12.2. The van der Waals surface area contributed by atoms with E-state index in [1.807, 2.05) is 49.8 Å². The molecular formula is C15H18N2O. The third-order valence-electron chi connectivity index (χ3n) is 3.22. The van der Waals surface area contributed by atoms with E-state index in [1.54, 1.807) is 6.20 Å². The minimum atomic E-state index is 0.206. The smallest absolute Gasteiger partial charge is 0.163 e. The second kappa shape index (κ2) is 5.17. The molecule has 0 radical (unpaired) electrons. The average molecular weight is 242 g/mol. The summed E-state index contributed by atoms with van der Waals surface area (Å²) in [6.45, 7) is 3.99. The van der Waals surface area contributed by atoms with Crippen molar-refractivity contribution in [2.45, 2.75) is 26.7 Å². The van der Waals surface area contributed by atoms with E-state index < -0.39 is 0 Å². The normalized spacial score (nSPS) is 10.6. The zero-order valence-corrected chi connectivity index (χ0v) is 11.1. The van der Waals surface area contributed by atoms with Crippen LogP contribution in [-0.2, 0) is 13.5 Å². The minimum Gasteiger partial charge on any atom is -0.294 e. The number of nitrogens with zero attached hydrogens (tertiary/aromatic N) is 2. The van der Waals surface area contributed by atoms with Crippen molar-refractivity contribution in [3.05, 3.63) is 52.8 Å². The van der Waals surface area contributed by atoms with Gasteiger partial charge >= 0.3 is 0 Å². The van der Waals surface area contributed by atoms with Crippen LogP contribution in [0.25, 0.3) is 0 Å². The summed E-state index contributed by atoms with van der Waals surface area (Å²) in [6, 6.07) is 7.97. The molecule has 0 unspecified atom stereocenters. The zero-order chi connectivity index (χ0) is 13.1. The van der Waals surface area contributed by atoms with Crippen molar-refractivity contribution < 1.29 is 4.79 Å². The Morgan fingerprint density at radius 3 is 2.72 bits per heavy atom. The van der Waals surface area contributed by atoms with Gasteiger partial charge in [-0.2, -0.15) is 5.10 Å². The van der Waals surface area contributed by atoms with Crippen LogP contribution in [-0.4, -0.2) is 15.6 Å². The molecule has 0 bridgehead atoms. The van der Waals surface area contributed by atoms with Gasteiger partial charge in [-0.05, 0) is 38.0 Å². The Labute approximate surface area is 107 Å². The summed E-state index contributed by atoms with van der Waals surface area (Å²) in [7, 11) is 1.90. The molecular weight excluding hydrogens is 224 g/mol. The monoisotopic (exact) mass is 242 g/mol. The van der Waals surface area contributed by atoms with Crippen molar-refractivity contribution in [2.24, 2.45) is 7.05 Å². The van der Waals surface area contributed by atoms with E-state index in [-0.39, 0.29) is 5.78 Å². The fraction of sp³-hybridized carbons (Fsp3) is 0.333. The highest BCUT2D eigenvalue weighted by molar-refractivity contribution is 5.97. The average Bonchev–Trinajstić information content (AvgIpc) is 2.75. The molecule has 0 fully saturated rings. The van der Waals surface area contributed by atoms with Gasteiger partial charge in [0.15, 0.2) is 5.78 Å². The molecule has 0 saturated carbocycles. The van der Waals surface area contributed by atoms with Crippen molar-refractivity contribution in [1.29, 1.82) is 0 Å². The maximum Gasteiger partial charge on any atom is 0.163 e. The molecule has 1 heterocycles. The van der Waals surface area contributed by atoms with E-state index >= 15 is 0 Å². The second-order valence-corrected chi connectivity index (χ2v) is 4.69. The van der Waals surface area contributed by atoms with E-state index in [2.05, 4.69) is 5.10 Å². The Bertz CT molecular complexity index is 570. The highest BCUT2D eigenvalue weighted by atomic mass is 16.1. The number of hydrogen-bond acceptors (Lipinski definition) is 2. The van der Waals surface area contributed by atoms with Crippen LogP contribution in [0.4, 0.5) is 0 Å². The summed E-state index contributed by atoms with van der Waals surface area (Å²) in [5.41, 5.74) is 4.12. The summed E-state index contributed by atoms with van der Waals surface area (Å²) in [6.07, 6.45) is 3.03. The first-order valence-corrected chi connectivity index (χ1v) is 6.15. The maximum atomic E-state index is 12.2. The zero-order valence-electron chi connectivity index (χ0n) is 11.1. The number of carbonyl (C=O) groups excluding carboxylic acids is 1. The molecule has 2 aromatic rings. The molecule has 94 valence electrons. The maximum absolute atomic E-state index is 12.2. The van der Waals surface area contributed by atoms with E-state index in [0.29, 0.717) is 6.42 Å². The highest BCUT2D eigenvalue weighted by Crippen LogP contribution is 2.14. The van der Waals surface area contributed by atoms with Crippen LogP contribution in [0.2, 0.25) is 0 Å². The number of hydrogen-bond donors (Lipinski definition) is 0. The molecule has 0 aliphatic heterocycles. The molecule has 1 aromatic carbocycles. The van der Waals surface area contributed by atoms with Crippen molar-refractivity contribution in [3.63, 3.8) is 0 Å². The number of benzene rings is 1. The van der Waals surface area contributed by atoms with Gasteiger partial charge in [0.1, 0.15) is 0 Å². The summed E-state index contributed by atoms with van der Waals surface area (Å²) >= 11 is 0. The number of aryl methyl sites for hydroxylation is 4. The van der Waals surface area contributed by atoms with Gasteiger partial charge in [-0.3, -0.25) is 9.48 Å². The molecule has 0 saturated heterocycles. The van der Waals surface area contributed by atoms with Gasteiger partial charge in [0, 0.05) is 30.9 Å². The fourth-order valence-electron chi connectivity index (χ4n) is 2.06. The van der Waals surface area contributed by atoms with Crippen LogP contribution in [0.15, 0.2) is 30.5 Å². The number of carbonyl (C=O) groups is 1. The van der Waals surface area contributed by atoms with Gasteiger partial charge in [0.2, 0.25) is 0 Å². The van der Waals surface area contributed by atoms with Crippen LogP contribution in [0.3, 0.4) is 0 Å². The van der Waals surface area contributed by atoms with Crippen molar-refractivity contribution >= 4 is 5.78 Å². The van der Waals surface area contributed by atoms with Crippen LogP contribution < -0.4 is 0 Å². The van der Waals surface area contributed by atoms with Gasteiger partial charge in [-0.25, -0.2) is 0 Å². The molecule has 3 nitrogen and oxygen atoms in total. The first-order valence-electron chi connectivity index (χ1n) is 6.15. The van der Waals surface area contributed by atoms with E-state index in [4.69, 9.17) is 0 Å². The van der Waals surface area contributed by atoms with E-state index in [9.17, 15) is 4.79 Å². The molecule has 0 atom stereocenters. The van der Waals surface area contributed by atoms with Gasteiger partial charge < -0.3 is 0 Å². The highest BCUT2D eigenvalue weighted by Gasteiger charge is 2.10. The van der Waals surface area contributed by atoms with E-state index in [0.717, 1.165) is 28.8 Å². The first-order chi connectivity index (χ1) is 8.58. The van der Waals surface area contributed by atoms with Gasteiger partial charge in [0.25, 0.3) is 0 Å². The Hall–Kier alpha value is -1.90. The molecule has 0 N–H and O–H groups in total. The van der Waals surface area contributed by atoms with Crippen LogP contribution in [0.1, 0.15) is 33.6 Å². The van der Waals surface area contributed by atoms with Crippen molar-refractivity contribution in [1.82, 2.24) is 9.78 Å². The third-order valence-corrected chi connectivity index (χ3v) is 3.22. The molecule has 3 heteroatoms. The molecule has 1 aromatic heterocycles. The second-order valence-electron chi connectivity index (χ2n) is 4.69. The quantitative estimate of drug-likeness (QED) is 0.773. The molecule has 2 rings (SSSR count). The number of rotatable bonds is 4.